The molecule has 70 heavy (non-hydrogen) atoms. The molecular weight excluding hydrogens is 853 g/mol. The van der Waals surface area contributed by atoms with Crippen LogP contribution in [0.5, 0.6) is 0 Å². The fourth-order valence-electron chi connectivity index (χ4n) is 10.4. The van der Waals surface area contributed by atoms with E-state index in [0.717, 1.165) is 61.3 Å². The number of rotatable bonds is 8. The summed E-state index contributed by atoms with van der Waals surface area (Å²) >= 11 is 0. The van der Waals surface area contributed by atoms with Gasteiger partial charge in [-0.3, -0.25) is 4.98 Å². The summed E-state index contributed by atoms with van der Waals surface area (Å²) in [5.41, 5.74) is 18.5. The van der Waals surface area contributed by atoms with Crippen LogP contribution in [0.3, 0.4) is 0 Å². The van der Waals surface area contributed by atoms with Gasteiger partial charge in [-0.25, -0.2) is 15.0 Å². The van der Waals surface area contributed by atoms with Crippen molar-refractivity contribution in [3.63, 3.8) is 0 Å². The molecule has 0 aliphatic heterocycles. The van der Waals surface area contributed by atoms with Gasteiger partial charge in [0.1, 0.15) is 0 Å². The second-order valence-corrected chi connectivity index (χ2v) is 18.0. The fraction of sp³-hybridized carbons (Fsp3) is 0.0312. The zero-order valence-electron chi connectivity index (χ0n) is 38.6. The van der Waals surface area contributed by atoms with Crippen LogP contribution in [-0.4, -0.2) is 29.1 Å². The Balaban J connectivity index is 1.08. The number of benzene rings is 9. The molecule has 4 aromatic heterocycles. The molecule has 13 rings (SSSR count). The first-order valence-corrected chi connectivity index (χ1v) is 23.7. The molecule has 0 saturated carbocycles. The third-order valence-corrected chi connectivity index (χ3v) is 13.8. The third kappa shape index (κ3) is 6.88. The van der Waals surface area contributed by atoms with Crippen molar-refractivity contribution in [2.24, 2.45) is 0 Å². The lowest BCUT2D eigenvalue weighted by Gasteiger charge is -2.19. The van der Waals surface area contributed by atoms with Crippen molar-refractivity contribution in [1.29, 1.82) is 0 Å². The Morgan fingerprint density at radius 2 is 0.743 bits per heavy atom. The molecule has 0 bridgehead atoms. The van der Waals surface area contributed by atoms with Gasteiger partial charge in [0, 0.05) is 61.8 Å². The summed E-state index contributed by atoms with van der Waals surface area (Å²) in [5, 5.41) is 4.72. The minimum absolute atomic E-state index is 0.585. The zero-order chi connectivity index (χ0) is 46.7. The minimum Gasteiger partial charge on any atom is -0.309 e. The number of nitrogens with zero attached hydrogens (tertiary/aromatic N) is 6. The Morgan fingerprint density at radius 1 is 0.300 bits per heavy atom. The Hall–Kier alpha value is -9.26. The number of aryl methyl sites for hydroxylation is 2. The van der Waals surface area contributed by atoms with Gasteiger partial charge in [0.05, 0.1) is 33.4 Å². The fourth-order valence-corrected chi connectivity index (χ4v) is 10.4. The van der Waals surface area contributed by atoms with E-state index in [-0.39, 0.29) is 0 Å². The number of fused-ring (bicyclic) bond motifs is 6. The van der Waals surface area contributed by atoms with Crippen LogP contribution in [0.1, 0.15) is 11.1 Å². The van der Waals surface area contributed by atoms with E-state index in [4.69, 9.17) is 19.9 Å². The highest BCUT2D eigenvalue weighted by Crippen LogP contribution is 2.43. The SMILES string of the molecule is Cc1ccccc1-c1ccc2c(c1)c1ccccc1n2-c1ccncc1-c1ccc(-c2nc(-c3ccccc3)nc(-c3ccccc3)n2)cc1-n1c2ccccc2c2cc(-c3ccccc3C)ccc21. The molecule has 0 spiro atoms. The lowest BCUT2D eigenvalue weighted by molar-refractivity contribution is 1.07. The summed E-state index contributed by atoms with van der Waals surface area (Å²) in [7, 11) is 0. The molecular formula is C64H44N6. The molecule has 13 aromatic rings. The predicted molar refractivity (Wildman–Crippen MR) is 288 cm³/mol. The zero-order valence-corrected chi connectivity index (χ0v) is 38.6. The second-order valence-electron chi connectivity index (χ2n) is 18.0. The first-order chi connectivity index (χ1) is 34.6. The largest absolute Gasteiger partial charge is 0.309 e. The normalized spacial score (nSPS) is 11.6. The average Bonchev–Trinajstić information content (AvgIpc) is 3.93. The molecule has 330 valence electrons. The van der Waals surface area contributed by atoms with Crippen LogP contribution in [-0.2, 0) is 0 Å². The highest BCUT2D eigenvalue weighted by Gasteiger charge is 2.23. The summed E-state index contributed by atoms with van der Waals surface area (Å²) in [4.78, 5) is 20.3. The highest BCUT2D eigenvalue weighted by atomic mass is 15.0. The summed E-state index contributed by atoms with van der Waals surface area (Å²) < 4.78 is 4.82. The lowest BCUT2D eigenvalue weighted by atomic mass is 9.98. The number of aromatic nitrogens is 6. The van der Waals surface area contributed by atoms with Gasteiger partial charge >= 0.3 is 0 Å². The van der Waals surface area contributed by atoms with Crippen molar-refractivity contribution < 1.29 is 0 Å². The second kappa shape index (κ2) is 16.8. The Bertz CT molecular complexity index is 4090. The van der Waals surface area contributed by atoms with Crippen LogP contribution in [0.25, 0.3) is 123 Å². The first kappa shape index (κ1) is 41.0. The Labute approximate surface area is 405 Å². The molecule has 6 nitrogen and oxygen atoms in total. The summed E-state index contributed by atoms with van der Waals surface area (Å²) in [5.74, 6) is 1.81. The van der Waals surface area contributed by atoms with Gasteiger partial charge < -0.3 is 9.13 Å². The van der Waals surface area contributed by atoms with Gasteiger partial charge in [-0.15, -0.1) is 0 Å². The quantitative estimate of drug-likeness (QED) is 0.152. The number of hydrogen-bond donors (Lipinski definition) is 0. The average molecular weight is 897 g/mol. The van der Waals surface area contributed by atoms with Crippen LogP contribution >= 0.6 is 0 Å². The summed E-state index contributed by atoms with van der Waals surface area (Å²) in [6.45, 7) is 4.36. The van der Waals surface area contributed by atoms with Gasteiger partial charge in [-0.05, 0) is 95.8 Å². The smallest absolute Gasteiger partial charge is 0.164 e. The van der Waals surface area contributed by atoms with Crippen LogP contribution in [0, 0.1) is 13.8 Å². The summed E-state index contributed by atoms with van der Waals surface area (Å²) in [6.07, 6.45) is 3.92. The molecule has 0 amide bonds. The van der Waals surface area contributed by atoms with Crippen molar-refractivity contribution in [2.75, 3.05) is 0 Å². The van der Waals surface area contributed by atoms with Crippen molar-refractivity contribution in [3.05, 3.63) is 242 Å². The molecule has 0 fully saturated rings. The van der Waals surface area contributed by atoms with Crippen LogP contribution in [0.2, 0.25) is 0 Å². The van der Waals surface area contributed by atoms with Gasteiger partial charge in [0.15, 0.2) is 17.5 Å². The van der Waals surface area contributed by atoms with E-state index < -0.39 is 0 Å². The predicted octanol–water partition coefficient (Wildman–Crippen LogP) is 16.1. The molecule has 0 aliphatic carbocycles. The first-order valence-electron chi connectivity index (χ1n) is 23.7. The van der Waals surface area contributed by atoms with Crippen LogP contribution in [0.15, 0.2) is 231 Å². The van der Waals surface area contributed by atoms with E-state index in [1.165, 1.54) is 54.9 Å². The Morgan fingerprint density at radius 3 is 1.29 bits per heavy atom. The van der Waals surface area contributed by atoms with Gasteiger partial charge in [0.25, 0.3) is 0 Å². The summed E-state index contributed by atoms with van der Waals surface area (Å²) in [6, 6.07) is 77.6. The molecule has 0 unspecified atom stereocenters. The minimum atomic E-state index is 0.585. The number of para-hydroxylation sites is 2. The lowest BCUT2D eigenvalue weighted by Crippen LogP contribution is -2.04. The third-order valence-electron chi connectivity index (χ3n) is 13.8. The number of hydrogen-bond acceptors (Lipinski definition) is 4. The molecule has 0 N–H and O–H groups in total. The van der Waals surface area contributed by atoms with Crippen LogP contribution < -0.4 is 0 Å². The number of pyridine rings is 1. The Kier molecular flexibility index (Phi) is 9.84. The van der Waals surface area contributed by atoms with Crippen molar-refractivity contribution in [2.45, 2.75) is 13.8 Å². The molecule has 9 aromatic carbocycles. The van der Waals surface area contributed by atoms with E-state index in [0.29, 0.717) is 17.5 Å². The maximum absolute atomic E-state index is 5.22. The van der Waals surface area contributed by atoms with E-state index in [1.807, 2.05) is 73.1 Å². The topological polar surface area (TPSA) is 61.4 Å². The molecule has 4 heterocycles. The standard InChI is InChI=1S/C64H44N6/c1-41-17-9-11-23-48(41)45-30-33-58-53(37-45)50-25-13-15-27-56(50)69(58)60-35-36-65-40-55(60)52-32-29-47(64-67-62(43-19-5-3-6-20-43)66-63(68-64)44-21-7-4-8-22-44)39-61(52)70-57-28-16-14-26-51(57)54-38-46(31-34-59(54)70)49-24-12-10-18-42(49)2/h3-40H,1-2H3. The van der Waals surface area contributed by atoms with Crippen molar-refractivity contribution in [3.8, 4) is 78.9 Å². The monoisotopic (exact) mass is 896 g/mol. The molecule has 0 aliphatic rings. The maximum Gasteiger partial charge on any atom is 0.164 e. The maximum atomic E-state index is 5.22. The molecule has 0 atom stereocenters. The van der Waals surface area contributed by atoms with Crippen molar-refractivity contribution >= 4 is 43.6 Å². The van der Waals surface area contributed by atoms with E-state index >= 15 is 0 Å². The van der Waals surface area contributed by atoms with E-state index in [1.54, 1.807) is 0 Å². The van der Waals surface area contributed by atoms with E-state index in [2.05, 4.69) is 181 Å². The van der Waals surface area contributed by atoms with E-state index in [9.17, 15) is 0 Å². The van der Waals surface area contributed by atoms with Gasteiger partial charge in [-0.2, -0.15) is 0 Å². The molecule has 0 radical (unpaired) electrons. The highest BCUT2D eigenvalue weighted by molar-refractivity contribution is 6.13. The van der Waals surface area contributed by atoms with Gasteiger partial charge in [0.2, 0.25) is 0 Å². The van der Waals surface area contributed by atoms with Crippen LogP contribution in [0.4, 0.5) is 0 Å². The van der Waals surface area contributed by atoms with Crippen molar-refractivity contribution in [1.82, 2.24) is 29.1 Å². The van der Waals surface area contributed by atoms with Gasteiger partial charge in [-0.1, -0.05) is 170 Å². The molecule has 6 heteroatoms. The molecule has 0 saturated heterocycles.